The summed E-state index contributed by atoms with van der Waals surface area (Å²) in [5, 5.41) is 0. The fraction of sp³-hybridized carbons (Fsp3) is 0.467. The minimum atomic E-state index is -1.44. The Bertz CT molecular complexity index is 389. The molecule has 2 rings (SSSR count). The molecular weight excluding hydrogens is 224 g/mol. The first kappa shape index (κ1) is 12.4. The first-order chi connectivity index (χ1) is 8.04. The molecule has 0 amide bonds. The van der Waals surface area contributed by atoms with Crippen LogP contribution in [0.2, 0.25) is 19.6 Å². The lowest BCUT2D eigenvalue weighted by Gasteiger charge is -2.27. The first-order valence-corrected chi connectivity index (χ1v) is 9.90. The van der Waals surface area contributed by atoms with E-state index in [9.17, 15) is 0 Å². The lowest BCUT2D eigenvalue weighted by atomic mass is 9.89. The van der Waals surface area contributed by atoms with Crippen molar-refractivity contribution in [1.29, 1.82) is 0 Å². The van der Waals surface area contributed by atoms with E-state index in [1.54, 1.807) is 0 Å². The van der Waals surface area contributed by atoms with Crippen molar-refractivity contribution in [3.63, 3.8) is 0 Å². The summed E-state index contributed by atoms with van der Waals surface area (Å²) in [5.41, 5.74) is 1.42. The van der Waals surface area contributed by atoms with Crippen LogP contribution < -0.4 is 0 Å². The number of hydrogen-bond donors (Lipinski definition) is 0. The molecule has 0 unspecified atom stereocenters. The molecule has 0 bridgehead atoms. The summed E-state index contributed by atoms with van der Waals surface area (Å²) in [6.45, 7) is 6.75. The van der Waals surface area contributed by atoms with E-state index in [1.807, 2.05) is 0 Å². The fourth-order valence-corrected chi connectivity index (χ4v) is 3.29. The van der Waals surface area contributed by atoms with Crippen LogP contribution in [0.15, 0.2) is 42.2 Å². The molecule has 1 aromatic rings. The summed E-state index contributed by atoms with van der Waals surface area (Å²) in [6, 6.07) is 10.8. The Morgan fingerprint density at radius 2 is 1.82 bits per heavy atom. The van der Waals surface area contributed by atoms with Crippen LogP contribution in [-0.4, -0.2) is 8.32 Å². The van der Waals surface area contributed by atoms with Crippen molar-refractivity contribution in [1.82, 2.24) is 0 Å². The van der Waals surface area contributed by atoms with E-state index in [0.29, 0.717) is 5.92 Å². The van der Waals surface area contributed by atoms with Gasteiger partial charge in [0, 0.05) is 12.3 Å². The largest absolute Gasteiger partial charge is 0.548 e. The van der Waals surface area contributed by atoms with Gasteiger partial charge in [-0.3, -0.25) is 0 Å². The molecule has 0 heterocycles. The molecule has 1 aromatic carbocycles. The summed E-state index contributed by atoms with van der Waals surface area (Å²) >= 11 is 0. The van der Waals surface area contributed by atoms with Gasteiger partial charge in [0.25, 0.3) is 0 Å². The zero-order valence-corrected chi connectivity index (χ0v) is 12.1. The number of rotatable bonds is 3. The molecular formula is C15H22OSi. The smallest absolute Gasteiger partial charge is 0.241 e. The van der Waals surface area contributed by atoms with Crippen molar-refractivity contribution < 1.29 is 4.43 Å². The van der Waals surface area contributed by atoms with Crippen LogP contribution in [0.25, 0.3) is 0 Å². The highest BCUT2D eigenvalue weighted by atomic mass is 28.4. The van der Waals surface area contributed by atoms with Gasteiger partial charge in [-0.15, -0.1) is 0 Å². The highest BCUT2D eigenvalue weighted by Crippen LogP contribution is 2.32. The molecule has 1 aliphatic rings. The third kappa shape index (κ3) is 3.74. The predicted molar refractivity (Wildman–Crippen MR) is 75.5 cm³/mol. The first-order valence-electron chi connectivity index (χ1n) is 6.49. The van der Waals surface area contributed by atoms with Crippen LogP contribution in [0.4, 0.5) is 0 Å². The molecule has 2 heteroatoms. The van der Waals surface area contributed by atoms with E-state index in [2.05, 4.69) is 56.0 Å². The summed E-state index contributed by atoms with van der Waals surface area (Å²) in [7, 11) is -1.44. The van der Waals surface area contributed by atoms with Crippen molar-refractivity contribution >= 4 is 8.32 Å². The zero-order chi connectivity index (χ0) is 12.3. The summed E-state index contributed by atoms with van der Waals surface area (Å²) < 4.78 is 6.13. The Kier molecular flexibility index (Phi) is 3.72. The quantitative estimate of drug-likeness (QED) is 0.703. The van der Waals surface area contributed by atoms with Gasteiger partial charge >= 0.3 is 0 Å². The third-order valence-electron chi connectivity index (χ3n) is 2.99. The monoisotopic (exact) mass is 246 g/mol. The van der Waals surface area contributed by atoms with E-state index in [4.69, 9.17) is 4.43 Å². The lowest BCUT2D eigenvalue weighted by Crippen LogP contribution is -2.25. The molecule has 1 atom stereocenters. The van der Waals surface area contributed by atoms with Crippen LogP contribution in [0.5, 0.6) is 0 Å². The number of hydrogen-bond acceptors (Lipinski definition) is 1. The number of allylic oxidation sites excluding steroid dienone is 2. The Balaban J connectivity index is 2.13. The molecule has 0 N–H and O–H groups in total. The molecule has 0 aliphatic heterocycles. The van der Waals surface area contributed by atoms with Crippen molar-refractivity contribution in [3.8, 4) is 0 Å². The second kappa shape index (κ2) is 5.09. The normalized spacial score (nSPS) is 20.9. The van der Waals surface area contributed by atoms with Crippen molar-refractivity contribution in [2.24, 2.45) is 0 Å². The molecule has 0 saturated heterocycles. The third-order valence-corrected chi connectivity index (χ3v) is 3.86. The maximum absolute atomic E-state index is 6.13. The molecule has 0 aromatic heterocycles. The highest BCUT2D eigenvalue weighted by Gasteiger charge is 2.21. The van der Waals surface area contributed by atoms with E-state index in [0.717, 1.165) is 6.42 Å². The Morgan fingerprint density at radius 1 is 1.12 bits per heavy atom. The van der Waals surface area contributed by atoms with Gasteiger partial charge in [-0.2, -0.15) is 0 Å². The second-order valence-electron chi connectivity index (χ2n) is 5.76. The van der Waals surface area contributed by atoms with E-state index in [-0.39, 0.29) is 0 Å². The molecule has 0 saturated carbocycles. The van der Waals surface area contributed by atoms with Crippen LogP contribution in [-0.2, 0) is 4.43 Å². The van der Waals surface area contributed by atoms with Gasteiger partial charge in [-0.1, -0.05) is 30.3 Å². The number of benzene rings is 1. The zero-order valence-electron chi connectivity index (χ0n) is 11.1. The predicted octanol–water partition coefficient (Wildman–Crippen LogP) is 4.69. The molecule has 1 nitrogen and oxygen atoms in total. The van der Waals surface area contributed by atoms with Crippen molar-refractivity contribution in [2.45, 2.75) is 44.8 Å². The molecule has 0 spiro atoms. The molecule has 0 fully saturated rings. The fourth-order valence-electron chi connectivity index (χ4n) is 2.33. The van der Waals surface area contributed by atoms with Gasteiger partial charge < -0.3 is 4.43 Å². The summed E-state index contributed by atoms with van der Waals surface area (Å²) in [4.78, 5) is 0. The Hall–Kier alpha value is -1.02. The SMILES string of the molecule is C[Si](C)(C)OC1=C[C@@H](c2ccccc2)CCC1. The van der Waals surface area contributed by atoms with Gasteiger partial charge in [-0.05, 0) is 44.1 Å². The molecule has 17 heavy (non-hydrogen) atoms. The average molecular weight is 246 g/mol. The van der Waals surface area contributed by atoms with E-state index < -0.39 is 8.32 Å². The van der Waals surface area contributed by atoms with Crippen molar-refractivity contribution in [2.75, 3.05) is 0 Å². The molecule has 92 valence electrons. The van der Waals surface area contributed by atoms with Gasteiger partial charge in [0.15, 0.2) is 0 Å². The maximum atomic E-state index is 6.13. The van der Waals surface area contributed by atoms with Gasteiger partial charge in [0.1, 0.15) is 0 Å². The second-order valence-corrected chi connectivity index (χ2v) is 10.2. The van der Waals surface area contributed by atoms with Crippen LogP contribution in [0, 0.1) is 0 Å². The lowest BCUT2D eigenvalue weighted by molar-refractivity contribution is 0.373. The van der Waals surface area contributed by atoms with Gasteiger partial charge in [-0.25, -0.2) is 0 Å². The van der Waals surface area contributed by atoms with E-state index in [1.165, 1.54) is 24.2 Å². The van der Waals surface area contributed by atoms with Gasteiger partial charge in [0.2, 0.25) is 8.32 Å². The molecule has 1 aliphatic carbocycles. The topological polar surface area (TPSA) is 9.23 Å². The Labute approximate surface area is 106 Å². The minimum absolute atomic E-state index is 0.552. The Morgan fingerprint density at radius 3 is 2.47 bits per heavy atom. The minimum Gasteiger partial charge on any atom is -0.548 e. The van der Waals surface area contributed by atoms with E-state index >= 15 is 0 Å². The summed E-state index contributed by atoms with van der Waals surface area (Å²) in [5.74, 6) is 1.78. The summed E-state index contributed by atoms with van der Waals surface area (Å²) in [6.07, 6.45) is 5.96. The maximum Gasteiger partial charge on any atom is 0.241 e. The van der Waals surface area contributed by atoms with Gasteiger partial charge in [0.05, 0.1) is 5.76 Å². The van der Waals surface area contributed by atoms with Crippen molar-refractivity contribution in [3.05, 3.63) is 47.7 Å². The van der Waals surface area contributed by atoms with Crippen LogP contribution >= 0.6 is 0 Å². The van der Waals surface area contributed by atoms with Crippen LogP contribution in [0.3, 0.4) is 0 Å². The molecule has 0 radical (unpaired) electrons. The standard InChI is InChI=1S/C15H22OSi/c1-17(2,3)16-15-11-7-10-14(12-15)13-8-5-4-6-9-13/h4-6,8-9,12,14H,7,10-11H2,1-3H3/t14-/m0/s1. The average Bonchev–Trinajstić information content (AvgIpc) is 2.28. The highest BCUT2D eigenvalue weighted by molar-refractivity contribution is 6.70. The van der Waals surface area contributed by atoms with Crippen LogP contribution in [0.1, 0.15) is 30.7 Å².